The number of aromatic nitrogens is 4. The van der Waals surface area contributed by atoms with Crippen LogP contribution >= 0.6 is 11.8 Å². The molecule has 2 rings (SSSR count). The lowest BCUT2D eigenvalue weighted by Crippen LogP contribution is -2.35. The Morgan fingerprint density at radius 1 is 1.30 bits per heavy atom. The number of tetrazole rings is 1. The molecule has 0 fully saturated rings. The highest BCUT2D eigenvalue weighted by Gasteiger charge is 2.08. The first-order valence-electron chi connectivity index (χ1n) is 6.62. The summed E-state index contributed by atoms with van der Waals surface area (Å²) in [6.07, 6.45) is 0. The minimum Gasteiger partial charge on any atom is -0.308 e. The molecule has 1 heterocycles. The molecule has 5 nitrogen and oxygen atoms in total. The molecule has 0 unspecified atom stereocenters. The van der Waals surface area contributed by atoms with Gasteiger partial charge < -0.3 is 5.32 Å². The molecule has 2 aromatic rings. The van der Waals surface area contributed by atoms with E-state index in [2.05, 4.69) is 65.8 Å². The second-order valence-corrected chi connectivity index (χ2v) is 6.78. The molecule has 0 amide bonds. The SMILES string of the molecule is Cn1nnc(CSc2cccc(CNC(C)(C)C)c2)n1. The number of hydrogen-bond donors (Lipinski definition) is 1. The van der Waals surface area contributed by atoms with Gasteiger partial charge in [0.2, 0.25) is 0 Å². The van der Waals surface area contributed by atoms with Crippen LogP contribution < -0.4 is 5.32 Å². The van der Waals surface area contributed by atoms with Crippen LogP contribution in [0.2, 0.25) is 0 Å². The lowest BCUT2D eigenvalue weighted by Gasteiger charge is -2.20. The van der Waals surface area contributed by atoms with Crippen LogP contribution in [0.25, 0.3) is 0 Å². The van der Waals surface area contributed by atoms with Crippen LogP contribution in [0.1, 0.15) is 32.2 Å². The van der Waals surface area contributed by atoms with Crippen molar-refractivity contribution in [3.05, 3.63) is 35.7 Å². The van der Waals surface area contributed by atoms with Crippen LogP contribution in [0.15, 0.2) is 29.2 Å². The summed E-state index contributed by atoms with van der Waals surface area (Å²) in [5.74, 6) is 1.50. The largest absolute Gasteiger partial charge is 0.308 e. The minimum atomic E-state index is 0.132. The zero-order valence-corrected chi connectivity index (χ0v) is 13.2. The third kappa shape index (κ3) is 4.94. The van der Waals surface area contributed by atoms with E-state index in [9.17, 15) is 0 Å². The van der Waals surface area contributed by atoms with Gasteiger partial charge in [0, 0.05) is 17.0 Å². The van der Waals surface area contributed by atoms with E-state index in [1.54, 1.807) is 18.8 Å². The number of nitrogens with zero attached hydrogens (tertiary/aromatic N) is 4. The van der Waals surface area contributed by atoms with Crippen molar-refractivity contribution in [2.24, 2.45) is 7.05 Å². The van der Waals surface area contributed by atoms with Crippen LogP contribution in [0.3, 0.4) is 0 Å². The van der Waals surface area contributed by atoms with Gasteiger partial charge in [0.05, 0.1) is 12.8 Å². The number of benzene rings is 1. The molecule has 1 aromatic heterocycles. The standard InChI is InChI=1S/C14H21N5S/c1-14(2,3)15-9-11-6-5-7-12(8-11)20-10-13-16-18-19(4)17-13/h5-8,15H,9-10H2,1-4H3. The molecule has 0 saturated heterocycles. The van der Waals surface area contributed by atoms with Crippen molar-refractivity contribution in [3.63, 3.8) is 0 Å². The van der Waals surface area contributed by atoms with E-state index in [4.69, 9.17) is 0 Å². The number of hydrogen-bond acceptors (Lipinski definition) is 5. The van der Waals surface area contributed by atoms with Gasteiger partial charge >= 0.3 is 0 Å². The van der Waals surface area contributed by atoms with Crippen molar-refractivity contribution in [2.45, 2.75) is 43.5 Å². The normalized spacial score (nSPS) is 11.8. The van der Waals surface area contributed by atoms with Gasteiger partial charge in [-0.05, 0) is 43.7 Å². The molecule has 0 aliphatic heterocycles. The third-order valence-corrected chi connectivity index (χ3v) is 3.63. The summed E-state index contributed by atoms with van der Waals surface area (Å²) >= 11 is 1.73. The maximum absolute atomic E-state index is 4.18. The maximum atomic E-state index is 4.18. The van der Waals surface area contributed by atoms with E-state index in [1.807, 2.05) is 0 Å². The van der Waals surface area contributed by atoms with E-state index in [0.29, 0.717) is 0 Å². The fourth-order valence-corrected chi connectivity index (χ4v) is 2.46. The molecule has 0 spiro atoms. The van der Waals surface area contributed by atoms with Crippen molar-refractivity contribution in [2.75, 3.05) is 0 Å². The summed E-state index contributed by atoms with van der Waals surface area (Å²) in [7, 11) is 1.78. The fraction of sp³-hybridized carbons (Fsp3) is 0.500. The van der Waals surface area contributed by atoms with Gasteiger partial charge in [-0.3, -0.25) is 0 Å². The third-order valence-electron chi connectivity index (χ3n) is 2.64. The van der Waals surface area contributed by atoms with Gasteiger partial charge in [-0.1, -0.05) is 12.1 Å². The van der Waals surface area contributed by atoms with E-state index < -0.39 is 0 Å². The first-order valence-corrected chi connectivity index (χ1v) is 7.60. The molecular weight excluding hydrogens is 270 g/mol. The Hall–Kier alpha value is -1.40. The maximum Gasteiger partial charge on any atom is 0.184 e. The molecule has 0 atom stereocenters. The molecular formula is C14H21N5S. The van der Waals surface area contributed by atoms with E-state index in [-0.39, 0.29) is 5.54 Å². The van der Waals surface area contributed by atoms with Crippen LogP contribution in [0.4, 0.5) is 0 Å². The Bertz CT molecular complexity index is 559. The van der Waals surface area contributed by atoms with Gasteiger partial charge in [0.15, 0.2) is 5.82 Å². The van der Waals surface area contributed by atoms with Crippen LogP contribution in [-0.4, -0.2) is 25.7 Å². The van der Waals surface area contributed by atoms with Gasteiger partial charge in [-0.15, -0.1) is 22.0 Å². The quantitative estimate of drug-likeness (QED) is 0.857. The first kappa shape index (κ1) is 15.0. The predicted molar refractivity (Wildman–Crippen MR) is 81.4 cm³/mol. The summed E-state index contributed by atoms with van der Waals surface area (Å²) in [5, 5.41) is 15.5. The molecule has 0 aliphatic rings. The van der Waals surface area contributed by atoms with Crippen LogP contribution in [0.5, 0.6) is 0 Å². The van der Waals surface area contributed by atoms with E-state index >= 15 is 0 Å². The van der Waals surface area contributed by atoms with Gasteiger partial charge in [0.1, 0.15) is 0 Å². The molecule has 0 radical (unpaired) electrons. The highest BCUT2D eigenvalue weighted by molar-refractivity contribution is 7.98. The molecule has 108 valence electrons. The van der Waals surface area contributed by atoms with Crippen molar-refractivity contribution in [3.8, 4) is 0 Å². The average Bonchev–Trinajstić information content (AvgIpc) is 2.80. The lowest BCUT2D eigenvalue weighted by atomic mass is 10.1. The van der Waals surface area contributed by atoms with Crippen molar-refractivity contribution >= 4 is 11.8 Å². The summed E-state index contributed by atoms with van der Waals surface area (Å²) in [6.45, 7) is 7.39. The van der Waals surface area contributed by atoms with Crippen LogP contribution in [-0.2, 0) is 19.3 Å². The lowest BCUT2D eigenvalue weighted by molar-refractivity contribution is 0.424. The molecule has 0 saturated carbocycles. The second-order valence-electron chi connectivity index (χ2n) is 5.73. The molecule has 20 heavy (non-hydrogen) atoms. The number of aryl methyl sites for hydroxylation is 1. The smallest absolute Gasteiger partial charge is 0.184 e. The Morgan fingerprint density at radius 2 is 2.10 bits per heavy atom. The second kappa shape index (κ2) is 6.37. The van der Waals surface area contributed by atoms with Gasteiger partial charge in [-0.25, -0.2) is 0 Å². The average molecular weight is 291 g/mol. The van der Waals surface area contributed by atoms with E-state index in [0.717, 1.165) is 18.1 Å². The highest BCUT2D eigenvalue weighted by atomic mass is 32.2. The Morgan fingerprint density at radius 3 is 2.75 bits per heavy atom. The van der Waals surface area contributed by atoms with Crippen molar-refractivity contribution in [1.82, 2.24) is 25.5 Å². The summed E-state index contributed by atoms with van der Waals surface area (Å²) in [6, 6.07) is 8.55. The zero-order chi connectivity index (χ0) is 14.6. The number of nitrogens with one attached hydrogen (secondary N) is 1. The Labute approximate surface area is 124 Å². The molecule has 6 heteroatoms. The zero-order valence-electron chi connectivity index (χ0n) is 12.4. The summed E-state index contributed by atoms with van der Waals surface area (Å²) in [5.41, 5.74) is 1.42. The molecule has 0 aliphatic carbocycles. The summed E-state index contributed by atoms with van der Waals surface area (Å²) in [4.78, 5) is 2.71. The highest BCUT2D eigenvalue weighted by Crippen LogP contribution is 2.22. The number of thioether (sulfide) groups is 1. The predicted octanol–water partition coefficient (Wildman–Crippen LogP) is 2.39. The monoisotopic (exact) mass is 291 g/mol. The van der Waals surface area contributed by atoms with Crippen molar-refractivity contribution in [1.29, 1.82) is 0 Å². The van der Waals surface area contributed by atoms with E-state index in [1.165, 1.54) is 15.3 Å². The fourth-order valence-electron chi connectivity index (χ4n) is 1.64. The molecule has 1 aromatic carbocycles. The Balaban J connectivity index is 1.92. The van der Waals surface area contributed by atoms with Crippen LogP contribution in [0, 0.1) is 0 Å². The van der Waals surface area contributed by atoms with Gasteiger partial charge in [-0.2, -0.15) is 4.80 Å². The molecule has 0 bridgehead atoms. The number of rotatable bonds is 5. The Kier molecular flexibility index (Phi) is 4.77. The van der Waals surface area contributed by atoms with Crippen molar-refractivity contribution < 1.29 is 0 Å². The molecule has 1 N–H and O–H groups in total. The summed E-state index contributed by atoms with van der Waals surface area (Å²) < 4.78 is 0. The first-order chi connectivity index (χ1) is 9.42. The van der Waals surface area contributed by atoms with Gasteiger partial charge in [0.25, 0.3) is 0 Å². The topological polar surface area (TPSA) is 55.6 Å². The minimum absolute atomic E-state index is 0.132.